The second-order valence-electron chi connectivity index (χ2n) is 1.85. The molecule has 1 heterocycles. The van der Waals surface area contributed by atoms with E-state index in [1.165, 1.54) is 0 Å². The molecule has 48 valence electrons. The number of aliphatic hydroxyl groups is 1. The van der Waals surface area contributed by atoms with Crippen molar-refractivity contribution in [2.75, 3.05) is 0 Å². The van der Waals surface area contributed by atoms with Gasteiger partial charge in [0.05, 0.1) is 11.8 Å². The van der Waals surface area contributed by atoms with Gasteiger partial charge in [-0.2, -0.15) is 5.10 Å². The molecule has 0 aromatic carbocycles. The van der Waals surface area contributed by atoms with Gasteiger partial charge in [-0.3, -0.25) is 4.68 Å². The van der Waals surface area contributed by atoms with Gasteiger partial charge in [-0.25, -0.2) is 0 Å². The molecule has 0 aliphatic carbocycles. The first kappa shape index (κ1) is 5.88. The summed E-state index contributed by atoms with van der Waals surface area (Å²) in [5, 5.41) is 12.6. The summed E-state index contributed by atoms with van der Waals surface area (Å²) in [5.74, 6) is 0.0584. The topological polar surface area (TPSA) is 38.1 Å². The van der Waals surface area contributed by atoms with E-state index < -0.39 is 0 Å². The molecule has 0 aliphatic rings. The van der Waals surface area contributed by atoms with E-state index in [-0.39, 0.29) is 5.76 Å². The van der Waals surface area contributed by atoms with Crippen molar-refractivity contribution in [3.63, 3.8) is 0 Å². The van der Waals surface area contributed by atoms with Crippen molar-refractivity contribution in [2.24, 2.45) is 7.05 Å². The van der Waals surface area contributed by atoms with Gasteiger partial charge >= 0.3 is 0 Å². The summed E-state index contributed by atoms with van der Waals surface area (Å²) in [6.07, 6.45) is 3.25. The Morgan fingerprint density at radius 3 is 2.78 bits per heavy atom. The molecule has 3 nitrogen and oxygen atoms in total. The highest BCUT2D eigenvalue weighted by Gasteiger charge is 1.95. The first-order valence-electron chi connectivity index (χ1n) is 2.57. The van der Waals surface area contributed by atoms with Crippen LogP contribution in [0.2, 0.25) is 0 Å². The van der Waals surface area contributed by atoms with E-state index >= 15 is 0 Å². The maximum Gasteiger partial charge on any atom is 0.118 e. The highest BCUT2D eigenvalue weighted by atomic mass is 16.3. The molecular formula is C6H8N2O. The number of hydrogen-bond donors (Lipinski definition) is 1. The Kier molecular flexibility index (Phi) is 1.26. The zero-order valence-corrected chi connectivity index (χ0v) is 5.20. The molecule has 0 amide bonds. The molecule has 0 aliphatic heterocycles. The van der Waals surface area contributed by atoms with Crippen LogP contribution in [0.25, 0.3) is 5.76 Å². The van der Waals surface area contributed by atoms with Crippen LogP contribution in [0.15, 0.2) is 19.0 Å². The predicted octanol–water partition coefficient (Wildman–Crippen LogP) is 0.949. The fourth-order valence-electron chi connectivity index (χ4n) is 0.570. The summed E-state index contributed by atoms with van der Waals surface area (Å²) in [4.78, 5) is 0. The minimum Gasteiger partial charge on any atom is -0.508 e. The SMILES string of the molecule is C=C(O)c1cnn(C)c1. The van der Waals surface area contributed by atoms with Crippen LogP contribution in [-0.2, 0) is 7.05 Å². The monoisotopic (exact) mass is 124 g/mol. The molecule has 0 saturated heterocycles. The molecule has 3 heteroatoms. The highest BCUT2D eigenvalue weighted by Crippen LogP contribution is 2.04. The van der Waals surface area contributed by atoms with Crippen molar-refractivity contribution in [3.8, 4) is 0 Å². The van der Waals surface area contributed by atoms with Gasteiger partial charge in [-0.1, -0.05) is 6.58 Å². The van der Waals surface area contributed by atoms with Crippen LogP contribution >= 0.6 is 0 Å². The van der Waals surface area contributed by atoms with Crippen LogP contribution in [0.5, 0.6) is 0 Å². The number of aryl methyl sites for hydroxylation is 1. The van der Waals surface area contributed by atoms with Gasteiger partial charge in [0.15, 0.2) is 0 Å². The van der Waals surface area contributed by atoms with Crippen molar-refractivity contribution >= 4 is 5.76 Å². The Morgan fingerprint density at radius 2 is 2.56 bits per heavy atom. The first-order valence-corrected chi connectivity index (χ1v) is 2.57. The van der Waals surface area contributed by atoms with Crippen LogP contribution < -0.4 is 0 Å². The van der Waals surface area contributed by atoms with Crippen molar-refractivity contribution in [1.82, 2.24) is 9.78 Å². The van der Waals surface area contributed by atoms with E-state index in [2.05, 4.69) is 11.7 Å². The zero-order valence-electron chi connectivity index (χ0n) is 5.20. The molecule has 1 aromatic heterocycles. The Balaban J connectivity index is 2.98. The van der Waals surface area contributed by atoms with Gasteiger partial charge in [-0.05, 0) is 0 Å². The van der Waals surface area contributed by atoms with Gasteiger partial charge < -0.3 is 5.11 Å². The molecular weight excluding hydrogens is 116 g/mol. The van der Waals surface area contributed by atoms with Crippen molar-refractivity contribution < 1.29 is 5.11 Å². The fourth-order valence-corrected chi connectivity index (χ4v) is 0.570. The van der Waals surface area contributed by atoms with E-state index in [4.69, 9.17) is 5.11 Å². The van der Waals surface area contributed by atoms with Gasteiger partial charge in [0, 0.05) is 13.2 Å². The smallest absolute Gasteiger partial charge is 0.118 e. The average molecular weight is 124 g/mol. The minimum absolute atomic E-state index is 0.0584. The number of rotatable bonds is 1. The van der Waals surface area contributed by atoms with Gasteiger partial charge in [0.1, 0.15) is 5.76 Å². The summed E-state index contributed by atoms with van der Waals surface area (Å²) in [5.41, 5.74) is 0.664. The number of aliphatic hydroxyl groups excluding tert-OH is 1. The number of nitrogens with zero attached hydrogens (tertiary/aromatic N) is 2. The number of aromatic nitrogens is 2. The Morgan fingerprint density at radius 1 is 1.89 bits per heavy atom. The lowest BCUT2D eigenvalue weighted by molar-refractivity contribution is 0.513. The van der Waals surface area contributed by atoms with E-state index in [9.17, 15) is 0 Å². The minimum atomic E-state index is 0.0584. The van der Waals surface area contributed by atoms with Crippen LogP contribution in [-0.4, -0.2) is 14.9 Å². The second kappa shape index (κ2) is 1.93. The molecule has 9 heavy (non-hydrogen) atoms. The molecule has 1 rings (SSSR count). The molecule has 1 N–H and O–H groups in total. The molecule has 0 saturated carbocycles. The first-order chi connectivity index (χ1) is 4.20. The van der Waals surface area contributed by atoms with E-state index in [0.29, 0.717) is 5.56 Å². The summed E-state index contributed by atoms with van der Waals surface area (Å²) in [6, 6.07) is 0. The maximum atomic E-state index is 8.79. The van der Waals surface area contributed by atoms with Gasteiger partial charge in [0.25, 0.3) is 0 Å². The van der Waals surface area contributed by atoms with Crippen molar-refractivity contribution in [1.29, 1.82) is 0 Å². The Labute approximate surface area is 53.2 Å². The summed E-state index contributed by atoms with van der Waals surface area (Å²) in [7, 11) is 1.78. The average Bonchev–Trinajstić information content (AvgIpc) is 2.14. The Bertz CT molecular complexity index is 227. The third-order valence-electron chi connectivity index (χ3n) is 1.04. The zero-order chi connectivity index (χ0) is 6.85. The lowest BCUT2D eigenvalue weighted by Gasteiger charge is -1.86. The second-order valence-corrected chi connectivity index (χ2v) is 1.85. The lowest BCUT2D eigenvalue weighted by Crippen LogP contribution is -1.84. The standard InChI is InChI=1S/C6H8N2O/c1-5(9)6-3-7-8(2)4-6/h3-4,9H,1H2,2H3. The molecule has 0 fully saturated rings. The molecule has 0 atom stereocenters. The predicted molar refractivity (Wildman–Crippen MR) is 34.9 cm³/mol. The maximum absolute atomic E-state index is 8.79. The molecule has 0 bridgehead atoms. The summed E-state index contributed by atoms with van der Waals surface area (Å²) in [6.45, 7) is 3.34. The largest absolute Gasteiger partial charge is 0.508 e. The van der Waals surface area contributed by atoms with Crippen LogP contribution in [0, 0.1) is 0 Å². The van der Waals surface area contributed by atoms with E-state index in [1.807, 2.05) is 0 Å². The summed E-state index contributed by atoms with van der Waals surface area (Å²) < 4.78 is 1.61. The summed E-state index contributed by atoms with van der Waals surface area (Å²) >= 11 is 0. The normalized spacial score (nSPS) is 9.44. The third kappa shape index (κ3) is 1.10. The molecule has 0 unspecified atom stereocenters. The van der Waals surface area contributed by atoms with Crippen LogP contribution in [0.3, 0.4) is 0 Å². The third-order valence-corrected chi connectivity index (χ3v) is 1.04. The fraction of sp³-hybridized carbons (Fsp3) is 0.167. The van der Waals surface area contributed by atoms with Crippen molar-refractivity contribution in [3.05, 3.63) is 24.5 Å². The van der Waals surface area contributed by atoms with Gasteiger partial charge in [-0.15, -0.1) is 0 Å². The Hall–Kier alpha value is -1.25. The molecule has 1 aromatic rings. The van der Waals surface area contributed by atoms with Crippen LogP contribution in [0.1, 0.15) is 5.56 Å². The highest BCUT2D eigenvalue weighted by molar-refractivity contribution is 5.53. The lowest BCUT2D eigenvalue weighted by atomic mass is 10.3. The van der Waals surface area contributed by atoms with Crippen molar-refractivity contribution in [2.45, 2.75) is 0 Å². The quantitative estimate of drug-likeness (QED) is 0.566. The van der Waals surface area contributed by atoms with Gasteiger partial charge in [0.2, 0.25) is 0 Å². The van der Waals surface area contributed by atoms with E-state index in [0.717, 1.165) is 0 Å². The van der Waals surface area contributed by atoms with Crippen LogP contribution in [0.4, 0.5) is 0 Å². The number of hydrogen-bond acceptors (Lipinski definition) is 2. The van der Waals surface area contributed by atoms with E-state index in [1.54, 1.807) is 24.1 Å². The molecule has 0 radical (unpaired) electrons. The molecule has 0 spiro atoms.